The monoisotopic (exact) mass is 440 g/mol. The van der Waals surface area contributed by atoms with Gasteiger partial charge in [-0.05, 0) is 66.3 Å². The van der Waals surface area contributed by atoms with Crippen molar-refractivity contribution in [3.63, 3.8) is 0 Å². The number of carbonyl (C=O) groups is 1. The average molecular weight is 441 g/mol. The lowest BCUT2D eigenvalue weighted by Crippen LogP contribution is -2.35. The number of hydrogen-bond acceptors (Lipinski definition) is 3. The van der Waals surface area contributed by atoms with Crippen LogP contribution < -0.4 is 5.32 Å². The van der Waals surface area contributed by atoms with Gasteiger partial charge in [-0.1, -0.05) is 50.2 Å². The fraction of sp³-hybridized carbons (Fsp3) is 0.480. The molecule has 1 amide bonds. The zero-order valence-electron chi connectivity index (χ0n) is 18.4. The SMILES string of the molecule is CC1(C)CCC(NC(=O)CCc2ccc(S(=O)(=O)N3CCCC3)cc2)c2ccccc21. The third-order valence-electron chi connectivity index (χ3n) is 6.73. The van der Waals surface area contributed by atoms with Gasteiger partial charge in [0.25, 0.3) is 0 Å². The van der Waals surface area contributed by atoms with Gasteiger partial charge in [0, 0.05) is 19.5 Å². The summed E-state index contributed by atoms with van der Waals surface area (Å²) in [5, 5.41) is 3.21. The number of nitrogens with one attached hydrogen (secondary N) is 1. The third-order valence-corrected chi connectivity index (χ3v) is 8.64. The molecule has 1 saturated heterocycles. The van der Waals surface area contributed by atoms with Crippen molar-refractivity contribution in [3.8, 4) is 0 Å². The first-order chi connectivity index (χ1) is 14.8. The first kappa shape index (κ1) is 22.0. The van der Waals surface area contributed by atoms with Gasteiger partial charge < -0.3 is 5.32 Å². The molecule has 0 spiro atoms. The van der Waals surface area contributed by atoms with E-state index in [1.54, 1.807) is 16.4 Å². The second-order valence-corrected chi connectivity index (χ2v) is 11.3. The molecule has 1 atom stereocenters. The number of amides is 1. The van der Waals surface area contributed by atoms with E-state index in [1.165, 1.54) is 11.1 Å². The molecule has 5 nitrogen and oxygen atoms in total. The maximum atomic E-state index is 12.6. The van der Waals surface area contributed by atoms with E-state index in [4.69, 9.17) is 0 Å². The van der Waals surface area contributed by atoms with Crippen molar-refractivity contribution in [1.29, 1.82) is 0 Å². The molecule has 1 aliphatic heterocycles. The summed E-state index contributed by atoms with van der Waals surface area (Å²) < 4.78 is 26.8. The van der Waals surface area contributed by atoms with Gasteiger partial charge in [0.05, 0.1) is 10.9 Å². The molecule has 1 unspecified atom stereocenters. The van der Waals surface area contributed by atoms with Crippen LogP contribution in [0.1, 0.15) is 68.7 Å². The molecule has 0 radical (unpaired) electrons. The van der Waals surface area contributed by atoms with Gasteiger partial charge in [-0.3, -0.25) is 4.79 Å². The highest BCUT2D eigenvalue weighted by molar-refractivity contribution is 7.89. The summed E-state index contributed by atoms with van der Waals surface area (Å²) in [6.07, 6.45) is 4.82. The maximum Gasteiger partial charge on any atom is 0.243 e. The number of carbonyl (C=O) groups excluding carboxylic acids is 1. The van der Waals surface area contributed by atoms with Crippen LogP contribution in [0.25, 0.3) is 0 Å². The summed E-state index contributed by atoms with van der Waals surface area (Å²) in [5.41, 5.74) is 3.65. The summed E-state index contributed by atoms with van der Waals surface area (Å²) >= 11 is 0. The highest BCUT2D eigenvalue weighted by atomic mass is 32.2. The zero-order valence-corrected chi connectivity index (χ0v) is 19.2. The lowest BCUT2D eigenvalue weighted by atomic mass is 9.71. The lowest BCUT2D eigenvalue weighted by Gasteiger charge is -2.37. The van der Waals surface area contributed by atoms with Gasteiger partial charge in [-0.25, -0.2) is 8.42 Å². The Morgan fingerprint density at radius 2 is 1.74 bits per heavy atom. The van der Waals surface area contributed by atoms with E-state index in [0.29, 0.717) is 30.8 Å². The standard InChI is InChI=1S/C25H32N2O3S/c1-25(2)16-15-23(21-7-3-4-8-22(21)25)26-24(28)14-11-19-9-12-20(13-10-19)31(29,30)27-17-5-6-18-27/h3-4,7-10,12-13,23H,5-6,11,14-18H2,1-2H3,(H,26,28). The van der Waals surface area contributed by atoms with Crippen LogP contribution in [0.5, 0.6) is 0 Å². The molecule has 6 heteroatoms. The number of rotatable bonds is 6. The van der Waals surface area contributed by atoms with E-state index < -0.39 is 10.0 Å². The van der Waals surface area contributed by atoms with Crippen molar-refractivity contribution in [2.45, 2.75) is 68.7 Å². The molecular formula is C25H32N2O3S. The van der Waals surface area contributed by atoms with Crippen molar-refractivity contribution in [2.75, 3.05) is 13.1 Å². The summed E-state index contributed by atoms with van der Waals surface area (Å²) in [6, 6.07) is 15.5. The van der Waals surface area contributed by atoms with Crippen molar-refractivity contribution in [1.82, 2.24) is 9.62 Å². The van der Waals surface area contributed by atoms with E-state index >= 15 is 0 Å². The Morgan fingerprint density at radius 3 is 2.45 bits per heavy atom. The van der Waals surface area contributed by atoms with Crippen molar-refractivity contribution in [2.24, 2.45) is 0 Å². The van der Waals surface area contributed by atoms with Gasteiger partial charge >= 0.3 is 0 Å². The molecule has 1 fully saturated rings. The van der Waals surface area contributed by atoms with Gasteiger partial charge in [-0.15, -0.1) is 0 Å². The Bertz CT molecular complexity index is 1040. The average Bonchev–Trinajstić information content (AvgIpc) is 3.31. The molecule has 1 aliphatic carbocycles. The molecule has 0 bridgehead atoms. The highest BCUT2D eigenvalue weighted by Crippen LogP contribution is 2.41. The maximum absolute atomic E-state index is 12.6. The molecule has 1 N–H and O–H groups in total. The van der Waals surface area contributed by atoms with Crippen LogP contribution in [-0.2, 0) is 26.7 Å². The topological polar surface area (TPSA) is 66.5 Å². The molecule has 0 saturated carbocycles. The fourth-order valence-electron chi connectivity index (χ4n) is 4.79. The normalized spacial score (nSPS) is 20.9. The minimum atomic E-state index is -3.39. The molecular weight excluding hydrogens is 408 g/mol. The van der Waals surface area contributed by atoms with Crippen LogP contribution in [0.4, 0.5) is 0 Å². The van der Waals surface area contributed by atoms with E-state index in [-0.39, 0.29) is 17.4 Å². The summed E-state index contributed by atoms with van der Waals surface area (Å²) in [5.74, 6) is 0.0354. The first-order valence-corrected chi connectivity index (χ1v) is 12.7. The number of hydrogen-bond donors (Lipinski definition) is 1. The largest absolute Gasteiger partial charge is 0.349 e. The summed E-state index contributed by atoms with van der Waals surface area (Å²) in [4.78, 5) is 13.0. The van der Waals surface area contributed by atoms with Crippen molar-refractivity contribution in [3.05, 3.63) is 65.2 Å². The van der Waals surface area contributed by atoms with Crippen LogP contribution in [0.2, 0.25) is 0 Å². The van der Waals surface area contributed by atoms with Gasteiger partial charge in [0.15, 0.2) is 0 Å². The minimum absolute atomic E-state index is 0.0354. The Hall–Kier alpha value is -2.18. The van der Waals surface area contributed by atoms with Crippen LogP contribution in [0.3, 0.4) is 0 Å². The van der Waals surface area contributed by atoms with Crippen LogP contribution in [0, 0.1) is 0 Å². The van der Waals surface area contributed by atoms with E-state index in [1.807, 2.05) is 18.2 Å². The molecule has 0 aromatic heterocycles. The Morgan fingerprint density at radius 1 is 1.06 bits per heavy atom. The van der Waals surface area contributed by atoms with Crippen LogP contribution >= 0.6 is 0 Å². The molecule has 1 heterocycles. The van der Waals surface area contributed by atoms with E-state index in [9.17, 15) is 13.2 Å². The van der Waals surface area contributed by atoms with E-state index in [0.717, 1.165) is 31.2 Å². The second kappa shape index (κ2) is 8.75. The van der Waals surface area contributed by atoms with Crippen LogP contribution in [-0.4, -0.2) is 31.7 Å². The number of sulfonamides is 1. The summed E-state index contributed by atoms with van der Waals surface area (Å²) in [7, 11) is -3.39. The molecule has 2 aromatic rings. The number of fused-ring (bicyclic) bond motifs is 1. The number of benzene rings is 2. The van der Waals surface area contributed by atoms with Crippen LogP contribution in [0.15, 0.2) is 53.4 Å². The Kier molecular flexibility index (Phi) is 6.22. The number of aryl methyl sites for hydroxylation is 1. The smallest absolute Gasteiger partial charge is 0.243 e. The molecule has 2 aromatic carbocycles. The van der Waals surface area contributed by atoms with Crippen molar-refractivity contribution < 1.29 is 13.2 Å². The molecule has 4 rings (SSSR count). The zero-order chi connectivity index (χ0) is 22.1. The highest BCUT2D eigenvalue weighted by Gasteiger charge is 2.32. The Labute approximate surface area is 185 Å². The van der Waals surface area contributed by atoms with E-state index in [2.05, 4.69) is 37.4 Å². The molecule has 31 heavy (non-hydrogen) atoms. The quantitative estimate of drug-likeness (QED) is 0.727. The van der Waals surface area contributed by atoms with Gasteiger partial charge in [0.2, 0.25) is 15.9 Å². The van der Waals surface area contributed by atoms with Crippen molar-refractivity contribution >= 4 is 15.9 Å². The predicted molar refractivity (Wildman–Crippen MR) is 122 cm³/mol. The van der Waals surface area contributed by atoms with Gasteiger partial charge in [0.1, 0.15) is 0 Å². The second-order valence-electron chi connectivity index (χ2n) is 9.39. The predicted octanol–water partition coefficient (Wildman–Crippen LogP) is 4.33. The van der Waals surface area contributed by atoms with Gasteiger partial charge in [-0.2, -0.15) is 4.31 Å². The molecule has 166 valence electrons. The fourth-order valence-corrected chi connectivity index (χ4v) is 6.31. The molecule has 2 aliphatic rings. The first-order valence-electron chi connectivity index (χ1n) is 11.3. The minimum Gasteiger partial charge on any atom is -0.349 e. The summed E-state index contributed by atoms with van der Waals surface area (Å²) in [6.45, 7) is 5.73. The lowest BCUT2D eigenvalue weighted by molar-refractivity contribution is -0.122. The number of nitrogens with zero attached hydrogens (tertiary/aromatic N) is 1. The Balaban J connectivity index is 1.35. The third kappa shape index (κ3) is 4.70.